The quantitative estimate of drug-likeness (QED) is 0.0510. The van der Waals surface area contributed by atoms with E-state index < -0.39 is 44.6 Å². The molecule has 7 N–H and O–H groups in total. The van der Waals surface area contributed by atoms with Gasteiger partial charge in [-0.3, -0.25) is 0 Å². The van der Waals surface area contributed by atoms with Gasteiger partial charge >= 0.3 is 0 Å². The van der Waals surface area contributed by atoms with Crippen LogP contribution in [0.5, 0.6) is 0 Å². The van der Waals surface area contributed by atoms with Crippen LogP contribution in [0.25, 0.3) is 6.08 Å². The summed E-state index contributed by atoms with van der Waals surface area (Å²) in [5.74, 6) is 69.8. The monoisotopic (exact) mass is 1330 g/mol. The molecule has 8 rings (SSSR count). The van der Waals surface area contributed by atoms with Crippen LogP contribution in [0.1, 0.15) is 208 Å². The third-order valence-electron chi connectivity index (χ3n) is 14.2. The first-order valence-electron chi connectivity index (χ1n) is 32.8. The van der Waals surface area contributed by atoms with Crippen molar-refractivity contribution in [2.24, 2.45) is 0 Å². The number of benzene rings is 8. The second-order valence-electron chi connectivity index (χ2n) is 28.2. The molecule has 8 aromatic carbocycles. The van der Waals surface area contributed by atoms with Gasteiger partial charge in [0.25, 0.3) is 0 Å². The van der Waals surface area contributed by atoms with Crippen molar-refractivity contribution >= 4 is 12.0 Å². The van der Waals surface area contributed by atoms with Gasteiger partial charge in [0.2, 0.25) is 0 Å². The Morgan fingerprint density at radius 1 is 0.216 bits per heavy atom. The molecular formula is C94H78O8. The molecule has 0 heterocycles. The first-order valence-corrected chi connectivity index (χ1v) is 32.8. The van der Waals surface area contributed by atoms with E-state index in [2.05, 4.69) is 179 Å². The number of hydrogen-bond donors (Lipinski definition) is 7. The molecule has 502 valence electrons. The zero-order valence-corrected chi connectivity index (χ0v) is 59.8. The maximum Gasteiger partial charge on any atom is 0.125 e. The molecular weight excluding hydrogens is 1260 g/mol. The van der Waals surface area contributed by atoms with Crippen LogP contribution < -0.4 is 0 Å². The molecule has 8 aromatic rings. The maximum absolute atomic E-state index is 11.6. The van der Waals surface area contributed by atoms with Gasteiger partial charge in [0.15, 0.2) is 0 Å². The van der Waals surface area contributed by atoms with Crippen molar-refractivity contribution < 1.29 is 40.5 Å². The molecule has 0 saturated carbocycles. The van der Waals surface area contributed by atoms with Gasteiger partial charge in [0.1, 0.15) is 45.1 Å². The summed E-state index contributed by atoms with van der Waals surface area (Å²) in [4.78, 5) is 11.6. The third-order valence-corrected chi connectivity index (χ3v) is 14.2. The Labute approximate surface area is 602 Å². The minimum atomic E-state index is -1.25. The molecule has 0 fully saturated rings. The summed E-state index contributed by atoms with van der Waals surface area (Å²) >= 11 is 0. The standard InChI is InChI=1S/C94H78O8/c1-87(2,96)47-39-75-55-71(56-76(63-75)40-48-88(3,4)97)19-15-67-23-31-83(32-24-67)94(86-37-29-70(30-38-86)18-22-74-61-81(45-53-93(13,14)102)66-82(62-74)46-54-95,84-33-25-68(26-34-84)16-20-72-57-77(41-49-89(5,6)98)64-78(58-72)42-50-90(7,8)99)85-35-27-69(28-36-85)17-21-73-59-79(43-51-91(9,10)100)65-80(60-73)44-52-92(11,12)101/h23-38,46,55-66,96-102H,1-14H3. The average Bonchev–Trinajstić information content (AvgIpc) is 0.732. The molecule has 0 aliphatic heterocycles. The van der Waals surface area contributed by atoms with E-state index in [-0.39, 0.29) is 0 Å². The lowest BCUT2D eigenvalue weighted by Crippen LogP contribution is -2.31. The fourth-order valence-electron chi connectivity index (χ4n) is 9.85. The molecule has 8 heteroatoms. The summed E-state index contributed by atoms with van der Waals surface area (Å²) in [7, 11) is 0. The van der Waals surface area contributed by atoms with Gasteiger partial charge in [-0.05, 0) is 246 Å². The normalized spacial score (nSPS) is 11.1. The van der Waals surface area contributed by atoms with Gasteiger partial charge in [-0.15, -0.1) is 0 Å². The van der Waals surface area contributed by atoms with Crippen molar-refractivity contribution in [3.63, 3.8) is 0 Å². The van der Waals surface area contributed by atoms with Gasteiger partial charge in [-0.1, -0.05) is 179 Å². The lowest BCUT2D eigenvalue weighted by Gasteiger charge is -2.37. The molecule has 0 spiro atoms. The van der Waals surface area contributed by atoms with E-state index in [1.54, 1.807) is 133 Å². The first kappa shape index (κ1) is 75.9. The second kappa shape index (κ2) is 31.5. The number of hydrogen-bond acceptors (Lipinski definition) is 8. The molecule has 0 aliphatic rings. The highest BCUT2D eigenvalue weighted by molar-refractivity contribution is 5.76. The van der Waals surface area contributed by atoms with E-state index in [4.69, 9.17) is 0 Å². The van der Waals surface area contributed by atoms with Crippen molar-refractivity contribution in [3.05, 3.63) is 281 Å². The van der Waals surface area contributed by atoms with E-state index in [1.165, 1.54) is 6.08 Å². The van der Waals surface area contributed by atoms with Gasteiger partial charge in [0, 0.05) is 89.5 Å². The molecule has 0 aliphatic carbocycles. The van der Waals surface area contributed by atoms with E-state index in [1.807, 2.05) is 90.9 Å². The van der Waals surface area contributed by atoms with Crippen LogP contribution in [0.4, 0.5) is 0 Å². The highest BCUT2D eigenvalue weighted by atomic mass is 16.3. The zero-order chi connectivity index (χ0) is 74.3. The summed E-state index contributed by atoms with van der Waals surface area (Å²) in [5, 5.41) is 73.3. The molecule has 0 unspecified atom stereocenters. The van der Waals surface area contributed by atoms with E-state index in [0.717, 1.165) is 22.3 Å². The van der Waals surface area contributed by atoms with Crippen LogP contribution in [0, 0.1) is 130 Å². The minimum Gasteiger partial charge on any atom is -0.378 e. The van der Waals surface area contributed by atoms with Crippen LogP contribution in [0.2, 0.25) is 0 Å². The van der Waals surface area contributed by atoms with Crippen molar-refractivity contribution in [3.8, 4) is 130 Å². The smallest absolute Gasteiger partial charge is 0.125 e. The topological polar surface area (TPSA) is 159 Å². The lowest BCUT2D eigenvalue weighted by molar-refractivity contribution is 0.143. The number of rotatable bonds is 5. The van der Waals surface area contributed by atoms with Crippen LogP contribution in [0.15, 0.2) is 170 Å². The molecule has 8 nitrogen and oxygen atoms in total. The molecule has 102 heavy (non-hydrogen) atoms. The fraction of sp³-hybridized carbons (Fsp3) is 0.234. The van der Waals surface area contributed by atoms with Crippen LogP contribution in [0.3, 0.4) is 0 Å². The Kier molecular flexibility index (Phi) is 23.4. The van der Waals surface area contributed by atoms with Crippen LogP contribution in [-0.4, -0.2) is 80.9 Å². The highest BCUT2D eigenvalue weighted by Crippen LogP contribution is 2.45. The Morgan fingerprint density at radius 2 is 0.363 bits per heavy atom. The summed E-state index contributed by atoms with van der Waals surface area (Å²) in [6.45, 7) is 22.5. The maximum atomic E-state index is 11.6. The van der Waals surface area contributed by atoms with Crippen LogP contribution >= 0.6 is 0 Å². The first-order chi connectivity index (χ1) is 47.7. The Balaban J connectivity index is 1.35. The third kappa shape index (κ3) is 24.5. The molecule has 0 aromatic heterocycles. The van der Waals surface area contributed by atoms with Gasteiger partial charge in [-0.2, -0.15) is 0 Å². The predicted octanol–water partition coefficient (Wildman–Crippen LogP) is 12.4. The number of carbonyl (C=O) groups excluding carboxylic acids is 1. The Hall–Kier alpha value is -11.9. The highest BCUT2D eigenvalue weighted by Gasteiger charge is 2.38. The molecule has 0 saturated heterocycles. The van der Waals surface area contributed by atoms with Crippen molar-refractivity contribution in [1.29, 1.82) is 0 Å². The van der Waals surface area contributed by atoms with Gasteiger partial charge < -0.3 is 35.7 Å². The summed E-state index contributed by atoms with van der Waals surface area (Å²) in [5.41, 5.74) is 3.53. The largest absolute Gasteiger partial charge is 0.378 e. The van der Waals surface area contributed by atoms with Gasteiger partial charge in [-0.25, -0.2) is 4.79 Å². The molecule has 0 amide bonds. The van der Waals surface area contributed by atoms with E-state index >= 15 is 0 Å². The van der Waals surface area contributed by atoms with E-state index in [0.29, 0.717) is 89.0 Å². The second-order valence-corrected chi connectivity index (χ2v) is 28.2. The molecule has 0 radical (unpaired) electrons. The fourth-order valence-corrected chi connectivity index (χ4v) is 9.85. The Morgan fingerprint density at radius 3 is 0.529 bits per heavy atom. The van der Waals surface area contributed by atoms with Crippen molar-refractivity contribution in [1.82, 2.24) is 0 Å². The van der Waals surface area contributed by atoms with Crippen LogP contribution in [-0.2, 0) is 10.2 Å². The molecule has 0 atom stereocenters. The van der Waals surface area contributed by atoms with E-state index in [9.17, 15) is 40.5 Å². The SMILES string of the molecule is CC(C)(O)C#Cc1cc(C#Cc2ccc(C(c3ccc(C#Cc4cc(C#CC(C)(C)O)cc(C#CC(C)(C)O)c4)cc3)(c3ccc(C#Cc4cc(C#CC(C)(C)O)cc(C#CC(C)(C)O)c4)cc3)c3ccc(C#Cc4cc(C#CC(C)(C)O)cc(C=C=O)c4)cc3)cc2)cc(C#CC(C)(C)O)c1. The number of aliphatic hydroxyl groups is 7. The minimum absolute atomic E-state index is 0.558. The van der Waals surface area contributed by atoms with Crippen molar-refractivity contribution in [2.75, 3.05) is 0 Å². The zero-order valence-electron chi connectivity index (χ0n) is 59.8. The van der Waals surface area contributed by atoms with Crippen molar-refractivity contribution in [2.45, 2.75) is 142 Å². The average molecular weight is 1340 g/mol. The summed E-state index contributed by atoms with van der Waals surface area (Å²) in [6.07, 6.45) is 1.31. The Bertz CT molecular complexity index is 4770. The molecule has 0 bridgehead atoms. The predicted molar refractivity (Wildman–Crippen MR) is 407 cm³/mol. The lowest BCUT2D eigenvalue weighted by atomic mass is 9.65. The summed E-state index contributed by atoms with van der Waals surface area (Å²) < 4.78 is 0. The summed E-state index contributed by atoms with van der Waals surface area (Å²) in [6, 6.07) is 53.9. The van der Waals surface area contributed by atoms with Gasteiger partial charge in [0.05, 0.1) is 5.41 Å².